The zero-order valence-electron chi connectivity index (χ0n) is 9.56. The molecule has 0 spiro atoms. The maximum atomic E-state index is 10.8. The van der Waals surface area contributed by atoms with Crippen LogP contribution in [0.2, 0.25) is 0 Å². The summed E-state index contributed by atoms with van der Waals surface area (Å²) in [7, 11) is 0. The molecular formula is C12H16N2O3. The predicted molar refractivity (Wildman–Crippen MR) is 65.0 cm³/mol. The lowest BCUT2D eigenvalue weighted by Crippen LogP contribution is -2.17. The number of aliphatic hydroxyl groups excluding tert-OH is 1. The minimum Gasteiger partial charge on any atom is -0.396 e. The van der Waals surface area contributed by atoms with Crippen molar-refractivity contribution in [3.05, 3.63) is 34.4 Å². The second kappa shape index (κ2) is 4.71. The fraction of sp³-hybridized carbons (Fsp3) is 0.500. The molecular weight excluding hydrogens is 220 g/mol. The van der Waals surface area contributed by atoms with Crippen LogP contribution in [0.5, 0.6) is 0 Å². The number of nitro groups is 1. The molecule has 2 N–H and O–H groups in total. The van der Waals surface area contributed by atoms with Gasteiger partial charge in [-0.05, 0) is 30.7 Å². The predicted octanol–water partition coefficient (Wildman–Crippen LogP) is 2.17. The lowest BCUT2D eigenvalue weighted by atomic mass is 10.0. The highest BCUT2D eigenvalue weighted by atomic mass is 16.6. The molecule has 0 bridgehead atoms. The van der Waals surface area contributed by atoms with Crippen LogP contribution in [0.1, 0.15) is 19.3 Å². The van der Waals surface area contributed by atoms with Crippen molar-refractivity contribution in [3.8, 4) is 0 Å². The SMILES string of the molecule is O=[N+]([O-])c1ccccc1NCC1(CCO)CC1. The first kappa shape index (κ1) is 11.9. The molecule has 5 heteroatoms. The molecule has 1 aliphatic carbocycles. The van der Waals surface area contributed by atoms with Crippen LogP contribution >= 0.6 is 0 Å². The lowest BCUT2D eigenvalue weighted by molar-refractivity contribution is -0.384. The molecule has 0 aliphatic heterocycles. The molecule has 0 radical (unpaired) electrons. The number of anilines is 1. The number of para-hydroxylation sites is 2. The van der Waals surface area contributed by atoms with Crippen LogP contribution in [0, 0.1) is 15.5 Å². The van der Waals surface area contributed by atoms with Crippen molar-refractivity contribution in [2.75, 3.05) is 18.5 Å². The number of nitrogens with zero attached hydrogens (tertiary/aromatic N) is 1. The maximum absolute atomic E-state index is 10.8. The monoisotopic (exact) mass is 236 g/mol. The largest absolute Gasteiger partial charge is 0.396 e. The number of nitro benzene ring substituents is 1. The van der Waals surface area contributed by atoms with Crippen LogP contribution in [0.3, 0.4) is 0 Å². The van der Waals surface area contributed by atoms with E-state index < -0.39 is 0 Å². The van der Waals surface area contributed by atoms with Gasteiger partial charge in [0, 0.05) is 19.2 Å². The molecule has 1 aliphatic rings. The van der Waals surface area contributed by atoms with Crippen LogP contribution in [-0.2, 0) is 0 Å². The number of aliphatic hydroxyl groups is 1. The van der Waals surface area contributed by atoms with Crippen molar-refractivity contribution in [2.45, 2.75) is 19.3 Å². The van der Waals surface area contributed by atoms with Crippen LogP contribution < -0.4 is 5.32 Å². The summed E-state index contributed by atoms with van der Waals surface area (Å²) in [4.78, 5) is 10.4. The molecule has 0 atom stereocenters. The number of benzene rings is 1. The Morgan fingerprint density at radius 3 is 2.71 bits per heavy atom. The van der Waals surface area contributed by atoms with Crippen LogP contribution in [0.25, 0.3) is 0 Å². The minimum absolute atomic E-state index is 0.104. The molecule has 5 nitrogen and oxygen atoms in total. The van der Waals surface area contributed by atoms with E-state index in [0.29, 0.717) is 12.2 Å². The Balaban J connectivity index is 2.02. The molecule has 1 fully saturated rings. The van der Waals surface area contributed by atoms with Gasteiger partial charge in [0.15, 0.2) is 0 Å². The van der Waals surface area contributed by atoms with Crippen LogP contribution in [0.4, 0.5) is 11.4 Å². The third-order valence-electron chi connectivity index (χ3n) is 3.35. The van der Waals surface area contributed by atoms with E-state index in [-0.39, 0.29) is 22.6 Å². The van der Waals surface area contributed by atoms with Gasteiger partial charge in [0.25, 0.3) is 5.69 Å². The summed E-state index contributed by atoms with van der Waals surface area (Å²) in [6, 6.07) is 6.64. The summed E-state index contributed by atoms with van der Waals surface area (Å²) < 4.78 is 0. The fourth-order valence-corrected chi connectivity index (χ4v) is 1.99. The molecule has 1 aromatic rings. The van der Waals surface area contributed by atoms with E-state index in [1.54, 1.807) is 18.2 Å². The molecule has 1 saturated carbocycles. The smallest absolute Gasteiger partial charge is 0.292 e. The van der Waals surface area contributed by atoms with Gasteiger partial charge in [-0.3, -0.25) is 10.1 Å². The molecule has 0 unspecified atom stereocenters. The average molecular weight is 236 g/mol. The molecule has 0 saturated heterocycles. The molecule has 0 heterocycles. The van der Waals surface area contributed by atoms with Gasteiger partial charge in [-0.15, -0.1) is 0 Å². The lowest BCUT2D eigenvalue weighted by Gasteiger charge is -2.15. The van der Waals surface area contributed by atoms with Crippen molar-refractivity contribution in [3.63, 3.8) is 0 Å². The van der Waals surface area contributed by atoms with E-state index in [1.165, 1.54) is 6.07 Å². The molecule has 1 aromatic carbocycles. The quantitative estimate of drug-likeness (QED) is 0.586. The topological polar surface area (TPSA) is 75.4 Å². The van der Waals surface area contributed by atoms with Gasteiger partial charge in [-0.1, -0.05) is 12.1 Å². The van der Waals surface area contributed by atoms with Crippen molar-refractivity contribution in [1.82, 2.24) is 0 Å². The minimum atomic E-state index is -0.381. The Labute approximate surface area is 99.6 Å². The van der Waals surface area contributed by atoms with Gasteiger partial charge >= 0.3 is 0 Å². The summed E-state index contributed by atoms with van der Waals surface area (Å²) in [5.41, 5.74) is 0.812. The third-order valence-corrected chi connectivity index (χ3v) is 3.35. The van der Waals surface area contributed by atoms with Gasteiger partial charge < -0.3 is 10.4 Å². The van der Waals surface area contributed by atoms with Gasteiger partial charge in [-0.2, -0.15) is 0 Å². The van der Waals surface area contributed by atoms with E-state index in [2.05, 4.69) is 5.32 Å². The van der Waals surface area contributed by atoms with Gasteiger partial charge in [-0.25, -0.2) is 0 Å². The zero-order chi connectivity index (χ0) is 12.3. The average Bonchev–Trinajstić information content (AvgIpc) is 3.08. The normalized spacial score (nSPS) is 16.5. The van der Waals surface area contributed by atoms with E-state index in [4.69, 9.17) is 5.11 Å². The highest BCUT2D eigenvalue weighted by molar-refractivity contribution is 5.61. The molecule has 2 rings (SSSR count). The molecule has 0 aromatic heterocycles. The summed E-state index contributed by atoms with van der Waals surface area (Å²) in [5.74, 6) is 0. The molecule has 92 valence electrons. The summed E-state index contributed by atoms with van der Waals surface area (Å²) >= 11 is 0. The Kier molecular flexibility index (Phi) is 3.28. The Bertz CT molecular complexity index is 416. The van der Waals surface area contributed by atoms with Gasteiger partial charge in [0.2, 0.25) is 0 Å². The summed E-state index contributed by atoms with van der Waals surface area (Å²) in [6.45, 7) is 0.872. The first-order valence-electron chi connectivity index (χ1n) is 5.75. The van der Waals surface area contributed by atoms with Gasteiger partial charge in [0.1, 0.15) is 5.69 Å². The highest BCUT2D eigenvalue weighted by Crippen LogP contribution is 2.48. The molecule has 0 amide bonds. The summed E-state index contributed by atoms with van der Waals surface area (Å²) in [5, 5.41) is 22.9. The van der Waals surface area contributed by atoms with Crippen molar-refractivity contribution in [1.29, 1.82) is 0 Å². The third kappa shape index (κ3) is 2.74. The second-order valence-corrected chi connectivity index (χ2v) is 4.60. The van der Waals surface area contributed by atoms with E-state index in [1.807, 2.05) is 0 Å². The number of nitrogens with one attached hydrogen (secondary N) is 1. The van der Waals surface area contributed by atoms with Crippen molar-refractivity contribution < 1.29 is 10.0 Å². The number of rotatable bonds is 6. The molecule has 17 heavy (non-hydrogen) atoms. The van der Waals surface area contributed by atoms with Crippen molar-refractivity contribution >= 4 is 11.4 Å². The zero-order valence-corrected chi connectivity index (χ0v) is 9.56. The Hall–Kier alpha value is -1.62. The first-order valence-corrected chi connectivity index (χ1v) is 5.75. The standard InChI is InChI=1S/C12H16N2O3/c15-8-7-12(5-6-12)9-13-10-3-1-2-4-11(10)14(16)17/h1-4,13,15H,5-9H2. The number of hydrogen-bond acceptors (Lipinski definition) is 4. The fourth-order valence-electron chi connectivity index (χ4n) is 1.99. The van der Waals surface area contributed by atoms with E-state index in [9.17, 15) is 10.1 Å². The number of hydrogen-bond donors (Lipinski definition) is 2. The highest BCUT2D eigenvalue weighted by Gasteiger charge is 2.41. The van der Waals surface area contributed by atoms with Gasteiger partial charge in [0.05, 0.1) is 4.92 Å². The second-order valence-electron chi connectivity index (χ2n) is 4.60. The summed E-state index contributed by atoms with van der Waals surface area (Å²) in [6.07, 6.45) is 2.93. The first-order chi connectivity index (χ1) is 8.17. The maximum Gasteiger partial charge on any atom is 0.292 e. The van der Waals surface area contributed by atoms with Crippen LogP contribution in [0.15, 0.2) is 24.3 Å². The Morgan fingerprint density at radius 1 is 1.41 bits per heavy atom. The Morgan fingerprint density at radius 2 is 2.12 bits per heavy atom. The van der Waals surface area contributed by atoms with Crippen LogP contribution in [-0.4, -0.2) is 23.2 Å². The van der Waals surface area contributed by atoms with E-state index >= 15 is 0 Å². The van der Waals surface area contributed by atoms with E-state index in [0.717, 1.165) is 19.3 Å². The van der Waals surface area contributed by atoms with Crippen molar-refractivity contribution in [2.24, 2.45) is 5.41 Å².